The summed E-state index contributed by atoms with van der Waals surface area (Å²) in [6.45, 7) is 2.09. The Balaban J connectivity index is 3.13. The summed E-state index contributed by atoms with van der Waals surface area (Å²) in [5.74, 6) is 1.83. The number of benzene rings is 1. The highest BCUT2D eigenvalue weighted by atomic mass is 16.5. The molecule has 0 aliphatic carbocycles. The van der Waals surface area contributed by atoms with Crippen molar-refractivity contribution in [3.8, 4) is 17.2 Å². The minimum Gasteiger partial charge on any atom is -0.496 e. The molecule has 1 rings (SSSR count). The fourth-order valence-corrected chi connectivity index (χ4v) is 1.90. The fraction of sp³-hybridized carbons (Fsp3) is 0.571. The Labute approximate surface area is 108 Å². The number of hydrogen-bond acceptors (Lipinski definition) is 4. The minimum absolute atomic E-state index is 0.583. The third kappa shape index (κ3) is 3.29. The molecule has 0 radical (unpaired) electrons. The van der Waals surface area contributed by atoms with Crippen LogP contribution in [0.4, 0.5) is 0 Å². The van der Waals surface area contributed by atoms with Gasteiger partial charge in [0, 0.05) is 12.1 Å². The maximum absolute atomic E-state index is 10.2. The zero-order valence-corrected chi connectivity index (χ0v) is 11.5. The largest absolute Gasteiger partial charge is 0.496 e. The van der Waals surface area contributed by atoms with E-state index in [-0.39, 0.29) is 0 Å². The fourth-order valence-electron chi connectivity index (χ4n) is 1.90. The Morgan fingerprint density at radius 1 is 1.06 bits per heavy atom. The minimum atomic E-state index is -0.583. The summed E-state index contributed by atoms with van der Waals surface area (Å²) in [4.78, 5) is 0. The number of aliphatic hydroxyl groups is 1. The first-order chi connectivity index (χ1) is 8.67. The zero-order valence-electron chi connectivity index (χ0n) is 11.5. The SMILES string of the molecule is CCCCC(O)c1c(OC)cc(OC)cc1OC. The van der Waals surface area contributed by atoms with Gasteiger partial charge in [-0.3, -0.25) is 0 Å². The van der Waals surface area contributed by atoms with E-state index in [1.165, 1.54) is 0 Å². The van der Waals surface area contributed by atoms with Gasteiger partial charge in [0.2, 0.25) is 0 Å². The van der Waals surface area contributed by atoms with E-state index in [0.717, 1.165) is 12.8 Å². The van der Waals surface area contributed by atoms with E-state index in [4.69, 9.17) is 14.2 Å². The second kappa shape index (κ2) is 7.11. The van der Waals surface area contributed by atoms with Gasteiger partial charge in [-0.15, -0.1) is 0 Å². The van der Waals surface area contributed by atoms with Gasteiger partial charge >= 0.3 is 0 Å². The third-order valence-corrected chi connectivity index (χ3v) is 2.92. The number of aliphatic hydroxyl groups excluding tert-OH is 1. The number of methoxy groups -OCH3 is 3. The van der Waals surface area contributed by atoms with Gasteiger partial charge < -0.3 is 19.3 Å². The van der Waals surface area contributed by atoms with Crippen LogP contribution in [0.2, 0.25) is 0 Å². The van der Waals surface area contributed by atoms with Crippen LogP contribution >= 0.6 is 0 Å². The first-order valence-electron chi connectivity index (χ1n) is 6.15. The molecule has 1 aromatic rings. The Kier molecular flexibility index (Phi) is 5.78. The lowest BCUT2D eigenvalue weighted by Gasteiger charge is -2.19. The van der Waals surface area contributed by atoms with Crippen LogP contribution in [-0.2, 0) is 0 Å². The van der Waals surface area contributed by atoms with Crippen LogP contribution < -0.4 is 14.2 Å². The maximum Gasteiger partial charge on any atom is 0.132 e. The van der Waals surface area contributed by atoms with Gasteiger partial charge in [0.1, 0.15) is 17.2 Å². The van der Waals surface area contributed by atoms with Gasteiger partial charge in [0.05, 0.1) is 33.0 Å². The van der Waals surface area contributed by atoms with Crippen molar-refractivity contribution in [2.45, 2.75) is 32.3 Å². The molecule has 0 fully saturated rings. The summed E-state index contributed by atoms with van der Waals surface area (Å²) in [5.41, 5.74) is 0.689. The van der Waals surface area contributed by atoms with Crippen LogP contribution in [-0.4, -0.2) is 26.4 Å². The molecule has 0 heterocycles. The van der Waals surface area contributed by atoms with Crippen molar-refractivity contribution in [2.24, 2.45) is 0 Å². The molecule has 102 valence electrons. The monoisotopic (exact) mass is 254 g/mol. The van der Waals surface area contributed by atoms with Crippen molar-refractivity contribution in [1.29, 1.82) is 0 Å². The smallest absolute Gasteiger partial charge is 0.132 e. The molecule has 1 unspecified atom stereocenters. The second-order valence-electron chi connectivity index (χ2n) is 4.10. The van der Waals surface area contributed by atoms with Crippen LogP contribution in [0.15, 0.2) is 12.1 Å². The lowest BCUT2D eigenvalue weighted by Crippen LogP contribution is -2.04. The van der Waals surface area contributed by atoms with Crippen molar-refractivity contribution in [3.05, 3.63) is 17.7 Å². The normalized spacial score (nSPS) is 12.1. The standard InChI is InChI=1S/C14H22O4/c1-5-6-7-11(15)14-12(17-3)8-10(16-2)9-13(14)18-4/h8-9,11,15H,5-7H2,1-4H3. The van der Waals surface area contributed by atoms with Gasteiger partial charge in [-0.2, -0.15) is 0 Å². The van der Waals surface area contributed by atoms with Crippen molar-refractivity contribution in [1.82, 2.24) is 0 Å². The maximum atomic E-state index is 10.2. The van der Waals surface area contributed by atoms with E-state index in [1.54, 1.807) is 33.5 Å². The average Bonchev–Trinajstić information content (AvgIpc) is 2.42. The molecule has 0 spiro atoms. The van der Waals surface area contributed by atoms with Crippen LogP contribution in [0.5, 0.6) is 17.2 Å². The van der Waals surface area contributed by atoms with Crippen LogP contribution in [0, 0.1) is 0 Å². The van der Waals surface area contributed by atoms with Gasteiger partial charge in [-0.1, -0.05) is 19.8 Å². The highest BCUT2D eigenvalue weighted by Crippen LogP contribution is 2.39. The van der Waals surface area contributed by atoms with Crippen molar-refractivity contribution >= 4 is 0 Å². The first kappa shape index (κ1) is 14.6. The van der Waals surface area contributed by atoms with E-state index >= 15 is 0 Å². The molecule has 1 aromatic carbocycles. The average molecular weight is 254 g/mol. The van der Waals surface area contributed by atoms with Crippen molar-refractivity contribution < 1.29 is 19.3 Å². The summed E-state index contributed by atoms with van der Waals surface area (Å²) in [6.07, 6.45) is 2.10. The molecule has 0 aliphatic rings. The van der Waals surface area contributed by atoms with E-state index in [9.17, 15) is 5.11 Å². The topological polar surface area (TPSA) is 47.9 Å². The van der Waals surface area contributed by atoms with E-state index in [0.29, 0.717) is 29.2 Å². The molecule has 0 saturated carbocycles. The summed E-state index contributed by atoms with van der Waals surface area (Å²) in [5, 5.41) is 10.2. The van der Waals surface area contributed by atoms with Gasteiger partial charge in [0.25, 0.3) is 0 Å². The number of ether oxygens (including phenoxy) is 3. The lowest BCUT2D eigenvalue weighted by molar-refractivity contribution is 0.156. The summed E-state index contributed by atoms with van der Waals surface area (Å²) in [7, 11) is 4.73. The van der Waals surface area contributed by atoms with Gasteiger partial charge in [-0.25, -0.2) is 0 Å². The van der Waals surface area contributed by atoms with Crippen LogP contribution in [0.3, 0.4) is 0 Å². The highest BCUT2D eigenvalue weighted by molar-refractivity contribution is 5.51. The molecule has 0 aromatic heterocycles. The molecule has 0 saturated heterocycles. The van der Waals surface area contributed by atoms with Gasteiger partial charge in [0.15, 0.2) is 0 Å². The van der Waals surface area contributed by atoms with Crippen LogP contribution in [0.1, 0.15) is 37.9 Å². The van der Waals surface area contributed by atoms with Crippen LogP contribution in [0.25, 0.3) is 0 Å². The summed E-state index contributed by atoms with van der Waals surface area (Å²) < 4.78 is 15.8. The Morgan fingerprint density at radius 2 is 1.61 bits per heavy atom. The van der Waals surface area contributed by atoms with Crippen molar-refractivity contribution in [3.63, 3.8) is 0 Å². The Hall–Kier alpha value is -1.42. The number of unbranched alkanes of at least 4 members (excludes halogenated alkanes) is 1. The predicted molar refractivity (Wildman–Crippen MR) is 70.6 cm³/mol. The van der Waals surface area contributed by atoms with E-state index in [2.05, 4.69) is 6.92 Å². The molecule has 18 heavy (non-hydrogen) atoms. The first-order valence-corrected chi connectivity index (χ1v) is 6.15. The van der Waals surface area contributed by atoms with Crippen molar-refractivity contribution in [2.75, 3.05) is 21.3 Å². The Morgan fingerprint density at radius 3 is 2.00 bits per heavy atom. The quantitative estimate of drug-likeness (QED) is 0.812. The molecular formula is C14H22O4. The zero-order chi connectivity index (χ0) is 13.5. The molecular weight excluding hydrogens is 232 g/mol. The second-order valence-corrected chi connectivity index (χ2v) is 4.10. The molecule has 1 atom stereocenters. The summed E-state index contributed by atoms with van der Waals surface area (Å²) in [6, 6.07) is 3.51. The number of rotatable bonds is 7. The molecule has 4 heteroatoms. The predicted octanol–water partition coefficient (Wildman–Crippen LogP) is 2.94. The Bertz CT molecular complexity index is 351. The molecule has 0 aliphatic heterocycles. The third-order valence-electron chi connectivity index (χ3n) is 2.92. The molecule has 0 bridgehead atoms. The number of hydrogen-bond donors (Lipinski definition) is 1. The molecule has 4 nitrogen and oxygen atoms in total. The van der Waals surface area contributed by atoms with Gasteiger partial charge in [-0.05, 0) is 6.42 Å². The molecule has 0 amide bonds. The lowest BCUT2D eigenvalue weighted by atomic mass is 10.0. The summed E-state index contributed by atoms with van der Waals surface area (Å²) >= 11 is 0. The van der Waals surface area contributed by atoms with E-state index < -0.39 is 6.10 Å². The highest BCUT2D eigenvalue weighted by Gasteiger charge is 2.20. The molecule has 1 N–H and O–H groups in total. The van der Waals surface area contributed by atoms with E-state index in [1.807, 2.05) is 0 Å².